The maximum absolute atomic E-state index is 11.8. The molecule has 1 fully saturated rings. The van der Waals surface area contributed by atoms with Crippen LogP contribution in [0.3, 0.4) is 0 Å². The Bertz CT molecular complexity index is 573. The summed E-state index contributed by atoms with van der Waals surface area (Å²) >= 11 is 5.94. The molecular formula is C24H41ClN4O. The number of hydrogen-bond donors (Lipinski definition) is 2. The van der Waals surface area contributed by atoms with Gasteiger partial charge < -0.3 is 20.4 Å². The molecule has 6 heteroatoms. The Hall–Kier alpha value is -1.30. The van der Waals surface area contributed by atoms with Gasteiger partial charge in [0.15, 0.2) is 0 Å². The highest BCUT2D eigenvalue weighted by molar-refractivity contribution is 6.30. The van der Waals surface area contributed by atoms with E-state index in [0.717, 1.165) is 70.1 Å². The normalized spacial score (nSPS) is 15.3. The molecule has 30 heavy (non-hydrogen) atoms. The van der Waals surface area contributed by atoms with Crippen LogP contribution in [0, 0.1) is 0 Å². The van der Waals surface area contributed by atoms with Gasteiger partial charge in [0.05, 0.1) is 0 Å². The molecule has 2 amide bonds. The molecule has 1 aliphatic rings. The minimum atomic E-state index is -0.0186. The first-order valence-corrected chi connectivity index (χ1v) is 12.3. The third kappa shape index (κ3) is 11.2. The molecule has 5 nitrogen and oxygen atoms in total. The Kier molecular flexibility index (Phi) is 12.9. The van der Waals surface area contributed by atoms with Crippen LogP contribution in [0.15, 0.2) is 24.3 Å². The summed E-state index contributed by atoms with van der Waals surface area (Å²) in [4.78, 5) is 16.9. The van der Waals surface area contributed by atoms with E-state index in [1.807, 2.05) is 12.1 Å². The van der Waals surface area contributed by atoms with Gasteiger partial charge >= 0.3 is 6.03 Å². The molecule has 0 unspecified atom stereocenters. The van der Waals surface area contributed by atoms with Crippen LogP contribution in [-0.2, 0) is 6.42 Å². The molecule has 1 saturated heterocycles. The Labute approximate surface area is 188 Å². The second kappa shape index (κ2) is 15.5. The molecule has 2 rings (SSSR count). The van der Waals surface area contributed by atoms with Gasteiger partial charge in [0.25, 0.3) is 0 Å². The number of carbonyl (C=O) groups is 1. The molecule has 0 bridgehead atoms. The Morgan fingerprint density at radius 2 is 1.43 bits per heavy atom. The van der Waals surface area contributed by atoms with Gasteiger partial charge in [0.2, 0.25) is 0 Å². The topological polar surface area (TPSA) is 47.6 Å². The van der Waals surface area contributed by atoms with Gasteiger partial charge in [0.1, 0.15) is 0 Å². The molecular weight excluding hydrogens is 396 g/mol. The van der Waals surface area contributed by atoms with Crippen LogP contribution in [0.5, 0.6) is 0 Å². The second-order valence-corrected chi connectivity index (χ2v) is 8.80. The predicted molar refractivity (Wildman–Crippen MR) is 127 cm³/mol. The summed E-state index contributed by atoms with van der Waals surface area (Å²) in [5.74, 6) is 0. The van der Waals surface area contributed by atoms with Crippen molar-refractivity contribution in [2.45, 2.75) is 58.3 Å². The van der Waals surface area contributed by atoms with Crippen molar-refractivity contribution in [3.8, 4) is 0 Å². The zero-order valence-corrected chi connectivity index (χ0v) is 19.6. The average Bonchev–Trinajstić information content (AvgIpc) is 2.76. The van der Waals surface area contributed by atoms with Crippen molar-refractivity contribution in [1.29, 1.82) is 0 Å². The van der Waals surface area contributed by atoms with Gasteiger partial charge in [-0.25, -0.2) is 4.79 Å². The molecule has 0 spiro atoms. The van der Waals surface area contributed by atoms with E-state index in [1.54, 1.807) is 0 Å². The highest BCUT2D eigenvalue weighted by Crippen LogP contribution is 2.12. The van der Waals surface area contributed by atoms with Crippen LogP contribution in [0.4, 0.5) is 4.79 Å². The van der Waals surface area contributed by atoms with Gasteiger partial charge in [-0.2, -0.15) is 0 Å². The van der Waals surface area contributed by atoms with Gasteiger partial charge in [-0.3, -0.25) is 0 Å². The summed E-state index contributed by atoms with van der Waals surface area (Å²) in [6.07, 6.45) is 9.39. The molecule has 170 valence electrons. The molecule has 0 aliphatic carbocycles. The third-order valence-electron chi connectivity index (χ3n) is 5.82. The third-order valence-corrected chi connectivity index (χ3v) is 6.07. The van der Waals surface area contributed by atoms with Crippen molar-refractivity contribution in [1.82, 2.24) is 20.4 Å². The highest BCUT2D eigenvalue weighted by atomic mass is 35.5. The molecule has 2 N–H and O–H groups in total. The number of aryl methyl sites for hydroxylation is 1. The summed E-state index contributed by atoms with van der Waals surface area (Å²) in [5, 5.41) is 6.74. The molecule has 1 aromatic rings. The van der Waals surface area contributed by atoms with Crippen molar-refractivity contribution in [2.75, 3.05) is 52.4 Å². The van der Waals surface area contributed by atoms with E-state index >= 15 is 0 Å². The number of hydrogen-bond acceptors (Lipinski definition) is 3. The van der Waals surface area contributed by atoms with Gasteiger partial charge in [-0.1, -0.05) is 49.9 Å². The summed E-state index contributed by atoms with van der Waals surface area (Å²) in [7, 11) is 0. The summed E-state index contributed by atoms with van der Waals surface area (Å²) < 4.78 is 0. The van der Waals surface area contributed by atoms with E-state index in [0.29, 0.717) is 0 Å². The van der Waals surface area contributed by atoms with E-state index in [9.17, 15) is 4.79 Å². The largest absolute Gasteiger partial charge is 0.338 e. The summed E-state index contributed by atoms with van der Waals surface area (Å²) in [6.45, 7) is 10.6. The smallest absolute Gasteiger partial charge is 0.314 e. The first-order valence-electron chi connectivity index (χ1n) is 11.9. The second-order valence-electron chi connectivity index (χ2n) is 8.36. The fourth-order valence-corrected chi connectivity index (χ4v) is 4.00. The summed E-state index contributed by atoms with van der Waals surface area (Å²) in [5.41, 5.74) is 1.38. The maximum Gasteiger partial charge on any atom is 0.314 e. The quantitative estimate of drug-likeness (QED) is 0.420. The Balaban J connectivity index is 1.42. The van der Waals surface area contributed by atoms with Gasteiger partial charge in [-0.15, -0.1) is 0 Å². The van der Waals surface area contributed by atoms with Crippen LogP contribution < -0.4 is 10.6 Å². The average molecular weight is 437 g/mol. The van der Waals surface area contributed by atoms with Crippen molar-refractivity contribution < 1.29 is 4.79 Å². The van der Waals surface area contributed by atoms with Crippen molar-refractivity contribution in [2.24, 2.45) is 0 Å². The lowest BCUT2D eigenvalue weighted by molar-refractivity contribution is 0.130. The van der Waals surface area contributed by atoms with Crippen LogP contribution in [0.1, 0.15) is 57.4 Å². The lowest BCUT2D eigenvalue weighted by Crippen LogP contribution is -2.47. The highest BCUT2D eigenvalue weighted by Gasteiger charge is 2.15. The lowest BCUT2D eigenvalue weighted by Gasteiger charge is -2.34. The Morgan fingerprint density at radius 3 is 2.07 bits per heavy atom. The first kappa shape index (κ1) is 25.0. The van der Waals surface area contributed by atoms with Crippen LogP contribution >= 0.6 is 11.6 Å². The SMILES string of the molecule is CCCCCCNC(=O)NCCCN1CCN(CCCCc2ccc(Cl)cc2)CC1. The van der Waals surface area contributed by atoms with Crippen molar-refractivity contribution in [3.05, 3.63) is 34.9 Å². The molecule has 1 aliphatic heterocycles. The number of amides is 2. The molecule has 1 aromatic carbocycles. The van der Waals surface area contributed by atoms with Gasteiger partial charge in [0, 0.05) is 44.3 Å². The number of carbonyl (C=O) groups excluding carboxylic acids is 1. The number of urea groups is 1. The zero-order chi connectivity index (χ0) is 21.4. The molecule has 0 aromatic heterocycles. The van der Waals surface area contributed by atoms with Crippen LogP contribution in [0.2, 0.25) is 5.02 Å². The van der Waals surface area contributed by atoms with E-state index < -0.39 is 0 Å². The molecule has 1 heterocycles. The standard InChI is InChI=1S/C24H41ClN4O/c1-2-3-4-6-14-26-24(30)27-15-8-17-29-20-18-28(19-21-29)16-7-5-9-22-10-12-23(25)13-11-22/h10-13H,2-9,14-21H2,1H3,(H2,26,27,30). The fraction of sp³-hybridized carbons (Fsp3) is 0.708. The Morgan fingerprint density at radius 1 is 0.833 bits per heavy atom. The number of unbranched alkanes of at least 4 members (excludes halogenated alkanes) is 4. The number of rotatable bonds is 14. The zero-order valence-electron chi connectivity index (χ0n) is 18.8. The lowest BCUT2D eigenvalue weighted by atomic mass is 10.1. The monoisotopic (exact) mass is 436 g/mol. The number of benzene rings is 1. The van der Waals surface area contributed by atoms with E-state index in [1.165, 1.54) is 44.2 Å². The summed E-state index contributed by atoms with van der Waals surface area (Å²) in [6, 6.07) is 8.20. The van der Waals surface area contributed by atoms with Gasteiger partial charge in [-0.05, 0) is 62.9 Å². The maximum atomic E-state index is 11.8. The number of halogens is 1. The predicted octanol–water partition coefficient (Wildman–Crippen LogP) is 4.55. The first-order chi connectivity index (χ1) is 14.7. The van der Waals surface area contributed by atoms with Crippen LogP contribution in [0.25, 0.3) is 0 Å². The van der Waals surface area contributed by atoms with E-state index in [4.69, 9.17) is 11.6 Å². The minimum absolute atomic E-state index is 0.0186. The number of nitrogens with zero attached hydrogens (tertiary/aromatic N) is 2. The van der Waals surface area contributed by atoms with Crippen molar-refractivity contribution >= 4 is 17.6 Å². The van der Waals surface area contributed by atoms with E-state index in [2.05, 4.69) is 39.5 Å². The van der Waals surface area contributed by atoms with E-state index in [-0.39, 0.29) is 6.03 Å². The molecule has 0 atom stereocenters. The van der Waals surface area contributed by atoms with Crippen LogP contribution in [-0.4, -0.2) is 68.2 Å². The number of piperazine rings is 1. The number of nitrogens with one attached hydrogen (secondary N) is 2. The molecule has 0 radical (unpaired) electrons. The fourth-order valence-electron chi connectivity index (χ4n) is 3.87. The minimum Gasteiger partial charge on any atom is -0.338 e. The molecule has 0 saturated carbocycles. The van der Waals surface area contributed by atoms with Crippen molar-refractivity contribution in [3.63, 3.8) is 0 Å².